The Morgan fingerprint density at radius 1 is 0.250 bits per heavy atom. The molecule has 0 nitrogen and oxygen atoms in total. The quantitative estimate of drug-likeness (QED) is 0.144. The highest BCUT2D eigenvalue weighted by Gasteiger charge is 2.35. The van der Waals surface area contributed by atoms with Gasteiger partial charge in [0.05, 0.1) is 0 Å². The van der Waals surface area contributed by atoms with E-state index in [0.29, 0.717) is 11.8 Å². The Morgan fingerprint density at radius 3 is 1.39 bits per heavy atom. The largest absolute Gasteiger partial charge is 0.0761 e. The van der Waals surface area contributed by atoms with Crippen LogP contribution in [0, 0.1) is 48.5 Å². The Labute approximate surface area is 545 Å². The van der Waals surface area contributed by atoms with Gasteiger partial charge in [0, 0.05) is 17.3 Å². The first-order valence-corrected chi connectivity index (χ1v) is 32.6. The van der Waals surface area contributed by atoms with E-state index in [1.807, 2.05) is 24.3 Å². The molecule has 3 aliphatic rings. The maximum Gasteiger partial charge on any atom is 0.0158 e. The molecule has 0 N–H and O–H groups in total. The molecule has 0 radical (unpaired) electrons. The van der Waals surface area contributed by atoms with Crippen LogP contribution in [-0.4, -0.2) is 0 Å². The van der Waals surface area contributed by atoms with Crippen molar-refractivity contribution in [3.63, 3.8) is 0 Å². The Bertz CT molecular complexity index is 5020. The Kier molecular flexibility index (Phi) is 18.7. The van der Waals surface area contributed by atoms with Crippen molar-refractivity contribution in [2.45, 2.75) is 79.6 Å². The van der Waals surface area contributed by atoms with Crippen molar-refractivity contribution in [1.82, 2.24) is 0 Å². The van der Waals surface area contributed by atoms with Crippen molar-refractivity contribution < 1.29 is 0 Å². The predicted octanol–water partition coefficient (Wildman–Crippen LogP) is 25.6. The van der Waals surface area contributed by atoms with E-state index in [4.69, 9.17) is 0 Å². The second-order valence-electron chi connectivity index (χ2n) is 25.6. The smallest absolute Gasteiger partial charge is 0.0158 e. The zero-order chi connectivity index (χ0) is 63.7. The molecule has 450 valence electrons. The second-order valence-corrected chi connectivity index (χ2v) is 25.6. The normalized spacial score (nSPS) is 13.9. The van der Waals surface area contributed by atoms with Crippen LogP contribution in [0.25, 0.3) is 86.9 Å². The highest BCUT2D eigenvalue weighted by molar-refractivity contribution is 6.23. The molecule has 0 bridgehead atoms. The monoisotopic (exact) mass is 1190 g/mol. The number of benzene rings is 15. The van der Waals surface area contributed by atoms with Crippen LogP contribution < -0.4 is 0 Å². The molecule has 2 atom stereocenters. The molecule has 18 rings (SSSR count). The standard InChI is InChI=1S/C17H14.C17H12.C16H16.C13H12.2C11H10.C7H8/c1-11-9-10-16-14-6-3-2-5-13(14)15-8-4-7-12(11)17(15)16;1-11-5-6-14-8-7-12-3-2-4-13-9-10-15(11)17(14)16(12)13;1-11-8-9-13-12-6-4-5-7-14(12)16(2,3)15(13)10-11;1-11-7-9-13(10-8-11)12-5-3-2-4-6-12;1-9-5-4-7-10-6-2-3-8-11(9)10;1-9-6-7-10-4-2-3-5-11(10)8-9;1-7-5-3-2-4-6-7/h2-10,13-14H,1H3;2-10H,1H3;4-10H,1-3H3;2-10H,1H3;2*2-8H,1H3;2-6H,1H3. The molecule has 0 heteroatoms. The zero-order valence-corrected chi connectivity index (χ0v) is 54.8. The molecule has 3 aliphatic carbocycles. The van der Waals surface area contributed by atoms with Crippen LogP contribution in [-0.2, 0) is 5.41 Å². The highest BCUT2D eigenvalue weighted by Crippen LogP contribution is 2.51. The van der Waals surface area contributed by atoms with Gasteiger partial charge < -0.3 is 0 Å². The van der Waals surface area contributed by atoms with Gasteiger partial charge in [0.2, 0.25) is 0 Å². The van der Waals surface area contributed by atoms with E-state index in [1.54, 1.807) is 0 Å². The van der Waals surface area contributed by atoms with Crippen LogP contribution in [0.15, 0.2) is 322 Å². The van der Waals surface area contributed by atoms with E-state index in [-0.39, 0.29) is 5.41 Å². The van der Waals surface area contributed by atoms with Crippen LogP contribution in [0.5, 0.6) is 0 Å². The third-order valence-corrected chi connectivity index (χ3v) is 18.7. The van der Waals surface area contributed by atoms with E-state index in [0.717, 1.165) is 0 Å². The van der Waals surface area contributed by atoms with Gasteiger partial charge in [-0.2, -0.15) is 0 Å². The Morgan fingerprint density at radius 2 is 0.696 bits per heavy atom. The predicted molar refractivity (Wildman–Crippen MR) is 401 cm³/mol. The van der Waals surface area contributed by atoms with Crippen LogP contribution in [0.1, 0.15) is 86.9 Å². The number of rotatable bonds is 1. The summed E-state index contributed by atoms with van der Waals surface area (Å²) in [6, 6.07) is 106. The maximum absolute atomic E-state index is 2.34. The van der Waals surface area contributed by atoms with Gasteiger partial charge >= 0.3 is 0 Å². The first kappa shape index (κ1) is 61.8. The average Bonchev–Trinajstić information content (AvgIpc) is 1.47. The molecule has 15 aromatic carbocycles. The molecular formula is C92H82. The minimum atomic E-state index is 0.151. The summed E-state index contributed by atoms with van der Waals surface area (Å²) in [7, 11) is 0. The van der Waals surface area contributed by atoms with Gasteiger partial charge in [-0.1, -0.05) is 358 Å². The molecule has 0 spiro atoms. The van der Waals surface area contributed by atoms with Crippen molar-refractivity contribution in [3.05, 3.63) is 383 Å². The molecule has 0 aliphatic heterocycles. The summed E-state index contributed by atoms with van der Waals surface area (Å²) in [6.45, 7) is 19.6. The fourth-order valence-corrected chi connectivity index (χ4v) is 13.7. The van der Waals surface area contributed by atoms with Crippen LogP contribution >= 0.6 is 0 Å². The van der Waals surface area contributed by atoms with Crippen molar-refractivity contribution in [1.29, 1.82) is 0 Å². The summed E-state index contributed by atoms with van der Waals surface area (Å²) in [5.41, 5.74) is 20.9. The number of allylic oxidation sites excluding steroid dienone is 4. The summed E-state index contributed by atoms with van der Waals surface area (Å²) >= 11 is 0. The fraction of sp³-hybridized carbons (Fsp3) is 0.130. The van der Waals surface area contributed by atoms with E-state index in [9.17, 15) is 0 Å². The first-order chi connectivity index (χ1) is 44.8. The number of hydrogen-bond acceptors (Lipinski definition) is 0. The van der Waals surface area contributed by atoms with Crippen molar-refractivity contribution in [2.75, 3.05) is 0 Å². The SMILES string of the molecule is Cc1ccc(-c2ccccc2)cc1.Cc1ccc2c(c1)C(C)(C)c1ccccc1-2.Cc1ccc2c3c(cccc13)C1C=CC=CC21.Cc1ccc2ccc3cccc4ccc1c2c34.Cc1ccc2ccccc2c1.Cc1cccc2ccccc12.Cc1ccccc1. The molecule has 0 aromatic heterocycles. The molecule has 0 amide bonds. The lowest BCUT2D eigenvalue weighted by molar-refractivity contribution is 0.660. The fourth-order valence-electron chi connectivity index (χ4n) is 13.7. The van der Waals surface area contributed by atoms with Gasteiger partial charge in [-0.25, -0.2) is 0 Å². The third kappa shape index (κ3) is 13.4. The topological polar surface area (TPSA) is 0 Å². The molecule has 15 aromatic rings. The molecule has 0 fully saturated rings. The molecule has 0 saturated heterocycles. The van der Waals surface area contributed by atoms with Gasteiger partial charge in [-0.3, -0.25) is 0 Å². The number of hydrogen-bond donors (Lipinski definition) is 0. The maximum atomic E-state index is 2.34. The molecule has 0 saturated carbocycles. The van der Waals surface area contributed by atoms with Gasteiger partial charge in [0.1, 0.15) is 0 Å². The summed E-state index contributed by atoms with van der Waals surface area (Å²) in [6.07, 6.45) is 9.04. The van der Waals surface area contributed by atoms with Crippen LogP contribution in [0.3, 0.4) is 0 Å². The lowest BCUT2D eigenvalue weighted by Gasteiger charge is -2.21. The summed E-state index contributed by atoms with van der Waals surface area (Å²) < 4.78 is 0. The van der Waals surface area contributed by atoms with Gasteiger partial charge in [0.15, 0.2) is 0 Å². The molecule has 0 heterocycles. The molecule has 92 heavy (non-hydrogen) atoms. The van der Waals surface area contributed by atoms with Crippen molar-refractivity contribution in [3.8, 4) is 22.3 Å². The van der Waals surface area contributed by atoms with Crippen LogP contribution in [0.4, 0.5) is 0 Å². The molecule has 2 unspecified atom stereocenters. The van der Waals surface area contributed by atoms with E-state index in [2.05, 4.69) is 360 Å². The van der Waals surface area contributed by atoms with E-state index < -0.39 is 0 Å². The summed E-state index contributed by atoms with van der Waals surface area (Å²) in [5, 5.41) is 16.5. The Balaban J connectivity index is 0.000000105. The van der Waals surface area contributed by atoms with E-state index in [1.165, 1.54) is 148 Å². The Hall–Kier alpha value is -10.4. The lowest BCUT2D eigenvalue weighted by Crippen LogP contribution is -2.14. The van der Waals surface area contributed by atoms with Crippen molar-refractivity contribution >= 4 is 64.6 Å². The van der Waals surface area contributed by atoms with Gasteiger partial charge in [0.25, 0.3) is 0 Å². The number of aryl methyl sites for hydroxylation is 7. The number of fused-ring (bicyclic) bond motifs is 8. The van der Waals surface area contributed by atoms with E-state index >= 15 is 0 Å². The summed E-state index contributed by atoms with van der Waals surface area (Å²) in [4.78, 5) is 0. The van der Waals surface area contributed by atoms with Gasteiger partial charge in [-0.15, -0.1) is 0 Å². The van der Waals surface area contributed by atoms with Crippen molar-refractivity contribution in [2.24, 2.45) is 0 Å². The zero-order valence-electron chi connectivity index (χ0n) is 54.8. The lowest BCUT2D eigenvalue weighted by atomic mass is 9.82. The molecular weight excluding hydrogens is 1110 g/mol. The highest BCUT2D eigenvalue weighted by atomic mass is 14.4. The average molecular weight is 1190 g/mol. The minimum absolute atomic E-state index is 0.151. The second kappa shape index (κ2) is 27.8. The van der Waals surface area contributed by atoms with Gasteiger partial charge in [-0.05, 0) is 174 Å². The third-order valence-electron chi connectivity index (χ3n) is 18.7. The summed E-state index contributed by atoms with van der Waals surface area (Å²) in [5.74, 6) is 1.11. The minimum Gasteiger partial charge on any atom is -0.0761 e. The van der Waals surface area contributed by atoms with Crippen LogP contribution in [0.2, 0.25) is 0 Å². The first-order valence-electron chi connectivity index (χ1n) is 32.6.